The molecular weight excluding hydrogens is 390 g/mol. The van der Waals surface area contributed by atoms with E-state index in [9.17, 15) is 14.4 Å². The number of methoxy groups -OCH3 is 2. The molecule has 0 unspecified atom stereocenters. The molecule has 2 aromatic heterocycles. The number of nitrogens with one attached hydrogen (secondary N) is 1. The van der Waals surface area contributed by atoms with Crippen LogP contribution in [0.25, 0.3) is 16.8 Å². The number of ether oxygens (including phenoxy) is 2. The Labute approximate surface area is 169 Å². The van der Waals surface area contributed by atoms with Crippen molar-refractivity contribution < 1.29 is 14.3 Å². The first-order valence-corrected chi connectivity index (χ1v) is 9.03. The highest BCUT2D eigenvalue weighted by Crippen LogP contribution is 2.28. The van der Waals surface area contributed by atoms with Crippen molar-refractivity contribution in [2.24, 2.45) is 7.05 Å². The molecule has 154 valence electrons. The summed E-state index contributed by atoms with van der Waals surface area (Å²) in [6, 6.07) is 12.1. The molecule has 4 rings (SSSR count). The maximum atomic E-state index is 12.7. The molecule has 0 aliphatic rings. The lowest BCUT2D eigenvalue weighted by Crippen LogP contribution is -2.42. The fourth-order valence-electron chi connectivity index (χ4n) is 3.31. The summed E-state index contributed by atoms with van der Waals surface area (Å²) in [4.78, 5) is 37.8. The van der Waals surface area contributed by atoms with Gasteiger partial charge in [0.1, 0.15) is 18.0 Å². The van der Waals surface area contributed by atoms with Gasteiger partial charge < -0.3 is 19.4 Å². The Kier molecular flexibility index (Phi) is 4.74. The van der Waals surface area contributed by atoms with Crippen molar-refractivity contribution in [2.45, 2.75) is 6.54 Å². The van der Waals surface area contributed by atoms with E-state index in [4.69, 9.17) is 9.47 Å². The second-order valence-corrected chi connectivity index (χ2v) is 6.57. The van der Waals surface area contributed by atoms with Gasteiger partial charge in [0.05, 0.1) is 30.9 Å². The van der Waals surface area contributed by atoms with Gasteiger partial charge in [0, 0.05) is 13.1 Å². The SMILES string of the molecule is COc1ccc(NC(=O)Cn2nc3n(C)c4ccccc4n3c(=O)c2=O)c(OC)c1. The third-order valence-electron chi connectivity index (χ3n) is 4.79. The molecule has 0 radical (unpaired) electrons. The number of anilines is 1. The van der Waals surface area contributed by atoms with Crippen LogP contribution < -0.4 is 25.9 Å². The highest BCUT2D eigenvalue weighted by atomic mass is 16.5. The first kappa shape index (κ1) is 19.2. The fraction of sp³-hybridized carbons (Fsp3) is 0.200. The van der Waals surface area contributed by atoms with Gasteiger partial charge in [-0.1, -0.05) is 12.1 Å². The number of fused-ring (bicyclic) bond motifs is 3. The van der Waals surface area contributed by atoms with Gasteiger partial charge in [-0.25, -0.2) is 9.08 Å². The number of nitrogens with zero attached hydrogens (tertiary/aromatic N) is 4. The molecule has 2 heterocycles. The number of hydrogen-bond donors (Lipinski definition) is 1. The third-order valence-corrected chi connectivity index (χ3v) is 4.79. The number of aryl methyl sites for hydroxylation is 1. The predicted molar refractivity (Wildman–Crippen MR) is 110 cm³/mol. The maximum Gasteiger partial charge on any atom is 0.333 e. The van der Waals surface area contributed by atoms with E-state index in [-0.39, 0.29) is 5.78 Å². The van der Waals surface area contributed by atoms with Crippen molar-refractivity contribution in [1.82, 2.24) is 18.7 Å². The summed E-state index contributed by atoms with van der Waals surface area (Å²) in [7, 11) is 4.72. The van der Waals surface area contributed by atoms with E-state index in [1.165, 1.54) is 18.6 Å². The number of amides is 1. The molecule has 0 spiro atoms. The molecule has 0 atom stereocenters. The first-order chi connectivity index (χ1) is 14.4. The molecule has 0 fully saturated rings. The van der Waals surface area contributed by atoms with Crippen molar-refractivity contribution in [3.63, 3.8) is 0 Å². The molecule has 0 aliphatic heterocycles. The van der Waals surface area contributed by atoms with Crippen LogP contribution in [0, 0.1) is 0 Å². The number of aromatic nitrogens is 4. The van der Waals surface area contributed by atoms with Gasteiger partial charge in [-0.05, 0) is 24.3 Å². The highest BCUT2D eigenvalue weighted by Gasteiger charge is 2.17. The minimum absolute atomic E-state index is 0.260. The van der Waals surface area contributed by atoms with Gasteiger partial charge in [0.15, 0.2) is 0 Å². The Hall–Kier alpha value is -4.08. The molecule has 4 aromatic rings. The Morgan fingerprint density at radius 3 is 2.47 bits per heavy atom. The van der Waals surface area contributed by atoms with E-state index < -0.39 is 23.6 Å². The predicted octanol–water partition coefficient (Wildman–Crippen LogP) is 1.00. The molecule has 2 aromatic carbocycles. The molecule has 0 saturated carbocycles. The summed E-state index contributed by atoms with van der Waals surface area (Å²) in [6.45, 7) is -0.429. The van der Waals surface area contributed by atoms with Gasteiger partial charge in [-0.2, -0.15) is 0 Å². The normalized spacial score (nSPS) is 11.0. The van der Waals surface area contributed by atoms with Gasteiger partial charge in [-0.3, -0.25) is 14.4 Å². The number of rotatable bonds is 5. The zero-order valence-corrected chi connectivity index (χ0v) is 16.6. The molecule has 0 saturated heterocycles. The van der Waals surface area contributed by atoms with E-state index >= 15 is 0 Å². The van der Waals surface area contributed by atoms with Crippen LogP contribution >= 0.6 is 0 Å². The van der Waals surface area contributed by atoms with Crippen molar-refractivity contribution in [1.29, 1.82) is 0 Å². The van der Waals surface area contributed by atoms with Crippen LogP contribution in [0.1, 0.15) is 0 Å². The Balaban J connectivity index is 1.71. The molecule has 1 N–H and O–H groups in total. The summed E-state index contributed by atoms with van der Waals surface area (Å²) in [5, 5.41) is 6.90. The lowest BCUT2D eigenvalue weighted by molar-refractivity contribution is -0.117. The summed E-state index contributed by atoms with van der Waals surface area (Å²) >= 11 is 0. The minimum Gasteiger partial charge on any atom is -0.497 e. The topological polar surface area (TPSA) is 109 Å². The maximum absolute atomic E-state index is 12.7. The molecule has 0 aliphatic carbocycles. The van der Waals surface area contributed by atoms with E-state index in [1.807, 2.05) is 12.1 Å². The average Bonchev–Trinajstić information content (AvgIpc) is 3.04. The average molecular weight is 409 g/mol. The van der Waals surface area contributed by atoms with Crippen molar-refractivity contribution in [3.05, 3.63) is 63.2 Å². The van der Waals surface area contributed by atoms with Crippen molar-refractivity contribution in [2.75, 3.05) is 19.5 Å². The summed E-state index contributed by atoms with van der Waals surface area (Å²) in [5.41, 5.74) is 0.0573. The van der Waals surface area contributed by atoms with Gasteiger partial charge >= 0.3 is 11.1 Å². The molecule has 0 bridgehead atoms. The number of carbonyl (C=O) groups excluding carboxylic acids is 1. The Bertz CT molecular complexity index is 1400. The molecule has 10 heteroatoms. The van der Waals surface area contributed by atoms with Crippen LogP contribution in [-0.4, -0.2) is 38.9 Å². The highest BCUT2D eigenvalue weighted by molar-refractivity contribution is 5.92. The van der Waals surface area contributed by atoms with Crippen LogP contribution in [0.3, 0.4) is 0 Å². The zero-order chi connectivity index (χ0) is 21.4. The van der Waals surface area contributed by atoms with E-state index in [2.05, 4.69) is 10.4 Å². The standard InChI is InChI=1S/C20H19N5O5/c1-23-14-6-4-5-7-15(14)25-19(28)18(27)24(22-20(23)25)11-17(26)21-13-9-8-12(29-2)10-16(13)30-3/h4-10H,11H2,1-3H3,(H,21,26). The number of imidazole rings is 1. The van der Waals surface area contributed by atoms with E-state index in [1.54, 1.807) is 41.9 Å². The van der Waals surface area contributed by atoms with Crippen LogP contribution in [0.4, 0.5) is 5.69 Å². The molecule has 1 amide bonds. The monoisotopic (exact) mass is 409 g/mol. The van der Waals surface area contributed by atoms with Crippen molar-refractivity contribution in [3.8, 4) is 11.5 Å². The molecule has 10 nitrogen and oxygen atoms in total. The second kappa shape index (κ2) is 7.39. The van der Waals surface area contributed by atoms with Gasteiger partial charge in [0.25, 0.3) is 0 Å². The van der Waals surface area contributed by atoms with E-state index in [0.717, 1.165) is 10.2 Å². The summed E-state index contributed by atoms with van der Waals surface area (Å²) in [6.07, 6.45) is 0. The number of benzene rings is 2. The van der Waals surface area contributed by atoms with Gasteiger partial charge in [-0.15, -0.1) is 5.10 Å². The first-order valence-electron chi connectivity index (χ1n) is 9.03. The second-order valence-electron chi connectivity index (χ2n) is 6.57. The Morgan fingerprint density at radius 1 is 1.03 bits per heavy atom. The number of carbonyl (C=O) groups is 1. The lowest BCUT2D eigenvalue weighted by atomic mass is 10.2. The lowest BCUT2D eigenvalue weighted by Gasteiger charge is -2.12. The summed E-state index contributed by atoms with van der Waals surface area (Å²) < 4.78 is 14.2. The largest absolute Gasteiger partial charge is 0.497 e. The van der Waals surface area contributed by atoms with Gasteiger partial charge in [0.2, 0.25) is 11.7 Å². The smallest absolute Gasteiger partial charge is 0.333 e. The number of hydrogen-bond acceptors (Lipinski definition) is 6. The quantitative estimate of drug-likeness (QED) is 0.493. The van der Waals surface area contributed by atoms with Crippen molar-refractivity contribution >= 4 is 28.4 Å². The fourth-order valence-corrected chi connectivity index (χ4v) is 3.31. The molecular formula is C20H19N5O5. The van der Waals surface area contributed by atoms with Crippen LogP contribution in [0.15, 0.2) is 52.1 Å². The minimum atomic E-state index is -0.888. The third kappa shape index (κ3) is 3.08. The Morgan fingerprint density at radius 2 is 1.77 bits per heavy atom. The van der Waals surface area contributed by atoms with Crippen LogP contribution in [0.2, 0.25) is 0 Å². The van der Waals surface area contributed by atoms with E-state index in [0.29, 0.717) is 22.7 Å². The zero-order valence-electron chi connectivity index (χ0n) is 16.6. The van der Waals surface area contributed by atoms with Crippen LogP contribution in [-0.2, 0) is 18.4 Å². The molecule has 30 heavy (non-hydrogen) atoms. The number of para-hydroxylation sites is 2. The summed E-state index contributed by atoms with van der Waals surface area (Å²) in [5.74, 6) is 0.690. The van der Waals surface area contributed by atoms with Crippen LogP contribution in [0.5, 0.6) is 11.5 Å².